The molecule has 3 heterocycles. The highest BCUT2D eigenvalue weighted by molar-refractivity contribution is 5.83. The average molecular weight is 291 g/mol. The molecule has 114 valence electrons. The van der Waals surface area contributed by atoms with Gasteiger partial charge in [0, 0.05) is 45.1 Å². The number of hydrogen-bond donors (Lipinski definition) is 1. The molecule has 2 saturated heterocycles. The van der Waals surface area contributed by atoms with E-state index in [4.69, 9.17) is 4.74 Å². The Kier molecular flexibility index (Phi) is 4.31. The Morgan fingerprint density at radius 1 is 1.33 bits per heavy atom. The normalized spacial score (nSPS) is 26.7. The minimum atomic E-state index is -0.221. The summed E-state index contributed by atoms with van der Waals surface area (Å²) in [5, 5.41) is 3.26. The molecule has 1 aromatic rings. The number of amides is 1. The number of aromatic nitrogens is 2. The van der Waals surface area contributed by atoms with E-state index >= 15 is 0 Å². The van der Waals surface area contributed by atoms with Crippen molar-refractivity contribution < 1.29 is 9.53 Å². The van der Waals surface area contributed by atoms with Crippen LogP contribution in [0.25, 0.3) is 0 Å². The van der Waals surface area contributed by atoms with E-state index in [-0.39, 0.29) is 18.1 Å². The first-order valence-electron chi connectivity index (χ1n) is 7.40. The van der Waals surface area contributed by atoms with Gasteiger partial charge in [-0.15, -0.1) is 0 Å². The lowest BCUT2D eigenvalue weighted by atomic mass is 10.1. The highest BCUT2D eigenvalue weighted by Crippen LogP contribution is 2.14. The van der Waals surface area contributed by atoms with E-state index in [1.807, 2.05) is 11.8 Å². The van der Waals surface area contributed by atoms with Gasteiger partial charge in [-0.1, -0.05) is 0 Å². The maximum Gasteiger partial charge on any atom is 0.242 e. The van der Waals surface area contributed by atoms with Gasteiger partial charge < -0.3 is 19.9 Å². The second kappa shape index (κ2) is 6.36. The van der Waals surface area contributed by atoms with Crippen LogP contribution in [0.2, 0.25) is 0 Å². The number of carbonyl (C=O) groups excluding carboxylic acids is 1. The molecule has 0 spiro atoms. The molecule has 3 rings (SSSR count). The molecule has 0 aromatic carbocycles. The van der Waals surface area contributed by atoms with Gasteiger partial charge in [-0.3, -0.25) is 9.78 Å². The summed E-state index contributed by atoms with van der Waals surface area (Å²) in [6.45, 7) is 6.34. The number of piperazine rings is 1. The molecular formula is C14H21N5O2. The van der Waals surface area contributed by atoms with E-state index in [1.54, 1.807) is 18.6 Å². The zero-order chi connectivity index (χ0) is 14.7. The van der Waals surface area contributed by atoms with Crippen LogP contribution in [0.5, 0.6) is 0 Å². The maximum atomic E-state index is 12.5. The zero-order valence-corrected chi connectivity index (χ0v) is 12.2. The van der Waals surface area contributed by atoms with E-state index in [1.165, 1.54) is 0 Å². The molecule has 7 nitrogen and oxygen atoms in total. The van der Waals surface area contributed by atoms with Gasteiger partial charge in [-0.05, 0) is 6.92 Å². The minimum absolute atomic E-state index is 0.0655. The molecule has 0 unspecified atom stereocenters. The van der Waals surface area contributed by atoms with Gasteiger partial charge in [0.25, 0.3) is 0 Å². The molecule has 1 amide bonds. The van der Waals surface area contributed by atoms with Gasteiger partial charge in [0.2, 0.25) is 5.91 Å². The highest BCUT2D eigenvalue weighted by Gasteiger charge is 2.33. The molecule has 1 aromatic heterocycles. The molecule has 0 saturated carbocycles. The Bertz CT molecular complexity index is 476. The smallest absolute Gasteiger partial charge is 0.242 e. The summed E-state index contributed by atoms with van der Waals surface area (Å²) in [6.07, 6.45) is 5.05. The predicted molar refractivity (Wildman–Crippen MR) is 78.0 cm³/mol. The maximum absolute atomic E-state index is 12.5. The van der Waals surface area contributed by atoms with Crippen molar-refractivity contribution in [2.75, 3.05) is 44.2 Å². The molecule has 2 aliphatic rings. The number of morpholine rings is 1. The summed E-state index contributed by atoms with van der Waals surface area (Å²) in [4.78, 5) is 25.0. The molecule has 0 bridgehead atoms. The fourth-order valence-electron chi connectivity index (χ4n) is 2.82. The number of nitrogens with one attached hydrogen (secondary N) is 1. The Morgan fingerprint density at radius 2 is 2.14 bits per heavy atom. The largest absolute Gasteiger partial charge is 0.375 e. The Balaban J connectivity index is 1.57. The van der Waals surface area contributed by atoms with Gasteiger partial charge in [0.15, 0.2) is 0 Å². The van der Waals surface area contributed by atoms with Crippen molar-refractivity contribution in [1.29, 1.82) is 0 Å². The number of rotatable bonds is 2. The standard InChI is InChI=1S/C14H21N5O2/c1-11-13(17-4-9-21-11)14(20)19-7-5-18(6-8-19)12-10-15-2-3-16-12/h2-3,10-11,13,17H,4-9H2,1H3/t11-,13+/m1/s1. The molecule has 7 heteroatoms. The van der Waals surface area contributed by atoms with Crippen molar-refractivity contribution in [2.24, 2.45) is 0 Å². The van der Waals surface area contributed by atoms with Crippen LogP contribution in [0.1, 0.15) is 6.92 Å². The summed E-state index contributed by atoms with van der Waals surface area (Å²) in [6, 6.07) is -0.221. The lowest BCUT2D eigenvalue weighted by Gasteiger charge is -2.39. The van der Waals surface area contributed by atoms with Crippen LogP contribution in [0.15, 0.2) is 18.6 Å². The van der Waals surface area contributed by atoms with Crippen LogP contribution in [0.3, 0.4) is 0 Å². The van der Waals surface area contributed by atoms with Crippen LogP contribution < -0.4 is 10.2 Å². The third kappa shape index (κ3) is 3.14. The summed E-state index contributed by atoms with van der Waals surface area (Å²) >= 11 is 0. The zero-order valence-electron chi connectivity index (χ0n) is 12.2. The van der Waals surface area contributed by atoms with Gasteiger partial charge >= 0.3 is 0 Å². The Morgan fingerprint density at radius 3 is 2.81 bits per heavy atom. The topological polar surface area (TPSA) is 70.6 Å². The van der Waals surface area contributed by atoms with Crippen LogP contribution in [0, 0.1) is 0 Å². The van der Waals surface area contributed by atoms with Crippen molar-refractivity contribution in [2.45, 2.75) is 19.1 Å². The summed E-state index contributed by atoms with van der Waals surface area (Å²) in [7, 11) is 0. The molecule has 2 atom stereocenters. The van der Waals surface area contributed by atoms with E-state index in [9.17, 15) is 4.79 Å². The fourth-order valence-corrected chi connectivity index (χ4v) is 2.82. The quantitative estimate of drug-likeness (QED) is 0.792. The molecule has 1 N–H and O–H groups in total. The van der Waals surface area contributed by atoms with Crippen LogP contribution >= 0.6 is 0 Å². The number of nitrogens with zero attached hydrogens (tertiary/aromatic N) is 4. The van der Waals surface area contributed by atoms with Gasteiger partial charge in [-0.2, -0.15) is 0 Å². The third-order valence-corrected chi connectivity index (χ3v) is 4.05. The van der Waals surface area contributed by atoms with Crippen molar-refractivity contribution in [1.82, 2.24) is 20.2 Å². The van der Waals surface area contributed by atoms with E-state index < -0.39 is 0 Å². The molecule has 2 fully saturated rings. The van der Waals surface area contributed by atoms with Gasteiger partial charge in [0.1, 0.15) is 11.9 Å². The van der Waals surface area contributed by atoms with Crippen molar-refractivity contribution in [3.63, 3.8) is 0 Å². The lowest BCUT2D eigenvalue weighted by molar-refractivity contribution is -0.139. The first-order chi connectivity index (χ1) is 10.3. The summed E-state index contributed by atoms with van der Waals surface area (Å²) in [5.74, 6) is 1.01. The lowest BCUT2D eigenvalue weighted by Crippen LogP contribution is -2.59. The van der Waals surface area contributed by atoms with E-state index in [0.29, 0.717) is 19.7 Å². The second-order valence-corrected chi connectivity index (χ2v) is 5.38. The second-order valence-electron chi connectivity index (χ2n) is 5.38. The SMILES string of the molecule is C[C@H]1OCCN[C@@H]1C(=O)N1CCN(c2cnccn2)CC1. The Labute approximate surface area is 124 Å². The van der Waals surface area contributed by atoms with E-state index in [2.05, 4.69) is 20.2 Å². The number of carbonyl (C=O) groups is 1. The third-order valence-electron chi connectivity index (χ3n) is 4.05. The molecule has 21 heavy (non-hydrogen) atoms. The summed E-state index contributed by atoms with van der Waals surface area (Å²) in [5.41, 5.74) is 0. The first-order valence-corrected chi connectivity index (χ1v) is 7.40. The summed E-state index contributed by atoms with van der Waals surface area (Å²) < 4.78 is 5.55. The van der Waals surface area contributed by atoms with Gasteiger partial charge in [-0.25, -0.2) is 4.98 Å². The monoisotopic (exact) mass is 291 g/mol. The number of ether oxygens (including phenoxy) is 1. The highest BCUT2D eigenvalue weighted by atomic mass is 16.5. The fraction of sp³-hybridized carbons (Fsp3) is 0.643. The van der Waals surface area contributed by atoms with Crippen molar-refractivity contribution in [3.05, 3.63) is 18.6 Å². The molecule has 2 aliphatic heterocycles. The Hall–Kier alpha value is -1.73. The molecule has 0 aliphatic carbocycles. The average Bonchev–Trinajstić information content (AvgIpc) is 2.56. The van der Waals surface area contributed by atoms with Crippen molar-refractivity contribution in [3.8, 4) is 0 Å². The van der Waals surface area contributed by atoms with Crippen LogP contribution in [-0.2, 0) is 9.53 Å². The predicted octanol–water partition coefficient (Wildman–Crippen LogP) is -0.498. The van der Waals surface area contributed by atoms with E-state index in [0.717, 1.165) is 25.5 Å². The number of hydrogen-bond acceptors (Lipinski definition) is 6. The first kappa shape index (κ1) is 14.2. The van der Waals surface area contributed by atoms with Crippen molar-refractivity contribution >= 4 is 11.7 Å². The van der Waals surface area contributed by atoms with Crippen LogP contribution in [-0.4, -0.2) is 72.3 Å². The van der Waals surface area contributed by atoms with Gasteiger partial charge in [0.05, 0.1) is 18.9 Å². The molecular weight excluding hydrogens is 270 g/mol. The number of anilines is 1. The minimum Gasteiger partial charge on any atom is -0.375 e. The molecule has 0 radical (unpaired) electrons. The van der Waals surface area contributed by atoms with Crippen LogP contribution in [0.4, 0.5) is 5.82 Å².